The number of halogens is 1. The molecule has 0 aliphatic rings. The molecule has 4 aromatic carbocycles. The van der Waals surface area contributed by atoms with Crippen LogP contribution in [0, 0.1) is 27.7 Å². The highest BCUT2D eigenvalue weighted by Crippen LogP contribution is 2.33. The zero-order valence-electron chi connectivity index (χ0n) is 21.9. The molecule has 5 rings (SSSR count). The Morgan fingerprint density at radius 3 is 2.32 bits per heavy atom. The van der Waals surface area contributed by atoms with Crippen molar-refractivity contribution in [1.29, 1.82) is 0 Å². The number of pyridine rings is 1. The second-order valence-electron chi connectivity index (χ2n) is 9.66. The van der Waals surface area contributed by atoms with Crippen molar-refractivity contribution in [1.82, 2.24) is 4.98 Å². The molecule has 1 heterocycles. The molecule has 1 amide bonds. The van der Waals surface area contributed by atoms with Crippen LogP contribution in [-0.4, -0.2) is 10.9 Å². The van der Waals surface area contributed by atoms with Crippen LogP contribution in [-0.2, 0) is 6.61 Å². The van der Waals surface area contributed by atoms with Crippen LogP contribution in [0.1, 0.15) is 38.2 Å². The second-order valence-corrected chi connectivity index (χ2v) is 10.1. The third kappa shape index (κ3) is 5.27. The molecule has 0 aliphatic heterocycles. The normalized spacial score (nSPS) is 11.0. The Labute approximate surface area is 228 Å². The van der Waals surface area contributed by atoms with E-state index >= 15 is 0 Å². The topological polar surface area (TPSA) is 51.2 Å². The maximum Gasteiger partial charge on any atom is 0.256 e. The molecule has 0 bridgehead atoms. The lowest BCUT2D eigenvalue weighted by Crippen LogP contribution is -2.15. The first-order chi connectivity index (χ1) is 18.3. The van der Waals surface area contributed by atoms with E-state index in [2.05, 4.69) is 11.4 Å². The van der Waals surface area contributed by atoms with Gasteiger partial charge < -0.3 is 10.1 Å². The first-order valence-electron chi connectivity index (χ1n) is 12.6. The van der Waals surface area contributed by atoms with Crippen LogP contribution < -0.4 is 10.1 Å². The third-order valence-corrected chi connectivity index (χ3v) is 7.11. The van der Waals surface area contributed by atoms with Crippen molar-refractivity contribution in [3.8, 4) is 17.0 Å². The molecule has 0 atom stereocenters. The van der Waals surface area contributed by atoms with Gasteiger partial charge in [-0.25, -0.2) is 4.98 Å². The highest BCUT2D eigenvalue weighted by atomic mass is 35.5. The molecule has 38 heavy (non-hydrogen) atoms. The minimum absolute atomic E-state index is 0.191. The van der Waals surface area contributed by atoms with Gasteiger partial charge in [-0.2, -0.15) is 0 Å². The van der Waals surface area contributed by atoms with Crippen molar-refractivity contribution < 1.29 is 9.53 Å². The number of ether oxygens (including phenoxy) is 1. The summed E-state index contributed by atoms with van der Waals surface area (Å²) in [4.78, 5) is 18.8. The average molecular weight is 521 g/mol. The zero-order chi connectivity index (χ0) is 26.8. The Hall–Kier alpha value is -4.15. The summed E-state index contributed by atoms with van der Waals surface area (Å²) in [6.45, 7) is 8.45. The molecule has 0 spiro atoms. The molecular formula is C33H29ClN2O2. The SMILES string of the molecule is Cc1cc(C)c2nc(-c3ccc(OCc4ccccc4)cc3)c(C)c(C(=O)Nc3ccc(C)c(Cl)c3)c2c1. The van der Waals surface area contributed by atoms with E-state index in [-0.39, 0.29) is 5.91 Å². The van der Waals surface area contributed by atoms with E-state index in [0.29, 0.717) is 22.9 Å². The molecule has 1 aromatic heterocycles. The van der Waals surface area contributed by atoms with Crippen LogP contribution in [0.2, 0.25) is 5.02 Å². The Balaban J connectivity index is 1.53. The summed E-state index contributed by atoms with van der Waals surface area (Å²) >= 11 is 6.31. The van der Waals surface area contributed by atoms with Crippen molar-refractivity contribution in [2.75, 3.05) is 5.32 Å². The van der Waals surface area contributed by atoms with Crippen molar-refractivity contribution in [2.45, 2.75) is 34.3 Å². The summed E-state index contributed by atoms with van der Waals surface area (Å²) in [5, 5.41) is 4.49. The first-order valence-corrected chi connectivity index (χ1v) is 12.9. The van der Waals surface area contributed by atoms with Crippen LogP contribution in [0.25, 0.3) is 22.2 Å². The molecule has 5 aromatic rings. The van der Waals surface area contributed by atoms with E-state index < -0.39 is 0 Å². The lowest BCUT2D eigenvalue weighted by molar-refractivity contribution is 0.102. The largest absolute Gasteiger partial charge is 0.489 e. The Morgan fingerprint density at radius 2 is 1.61 bits per heavy atom. The Kier molecular flexibility index (Phi) is 7.17. The molecule has 190 valence electrons. The smallest absolute Gasteiger partial charge is 0.256 e. The molecule has 0 saturated carbocycles. The summed E-state index contributed by atoms with van der Waals surface area (Å²) in [5.41, 5.74) is 8.75. The number of fused-ring (bicyclic) bond motifs is 1. The molecule has 5 heteroatoms. The third-order valence-electron chi connectivity index (χ3n) is 6.70. The molecule has 0 unspecified atom stereocenters. The van der Waals surface area contributed by atoms with E-state index in [9.17, 15) is 4.79 Å². The van der Waals surface area contributed by atoms with Crippen LogP contribution in [0.3, 0.4) is 0 Å². The molecule has 0 saturated heterocycles. The number of hydrogen-bond donors (Lipinski definition) is 1. The fourth-order valence-corrected chi connectivity index (χ4v) is 4.88. The Bertz CT molecular complexity index is 1640. The number of aryl methyl sites for hydroxylation is 3. The number of benzene rings is 4. The average Bonchev–Trinajstić information content (AvgIpc) is 2.90. The van der Waals surface area contributed by atoms with Gasteiger partial charge in [-0.05, 0) is 92.4 Å². The fourth-order valence-electron chi connectivity index (χ4n) is 4.70. The number of amides is 1. The number of hydrogen-bond acceptors (Lipinski definition) is 3. The molecule has 0 radical (unpaired) electrons. The van der Waals surface area contributed by atoms with Gasteiger partial charge in [0.1, 0.15) is 12.4 Å². The number of carbonyl (C=O) groups is 1. The lowest BCUT2D eigenvalue weighted by atomic mass is 9.94. The zero-order valence-corrected chi connectivity index (χ0v) is 22.7. The molecule has 0 fully saturated rings. The van der Waals surface area contributed by atoms with Gasteiger partial charge in [-0.15, -0.1) is 0 Å². The second kappa shape index (κ2) is 10.7. The highest BCUT2D eigenvalue weighted by molar-refractivity contribution is 6.31. The van der Waals surface area contributed by atoms with Gasteiger partial charge >= 0.3 is 0 Å². The summed E-state index contributed by atoms with van der Waals surface area (Å²) in [5.74, 6) is 0.584. The van der Waals surface area contributed by atoms with Gasteiger partial charge in [0.2, 0.25) is 0 Å². The molecule has 4 nitrogen and oxygen atoms in total. The maximum atomic E-state index is 13.7. The van der Waals surface area contributed by atoms with Crippen LogP contribution in [0.5, 0.6) is 5.75 Å². The van der Waals surface area contributed by atoms with E-state index in [4.69, 9.17) is 21.3 Å². The van der Waals surface area contributed by atoms with Gasteiger partial charge in [-0.3, -0.25) is 4.79 Å². The van der Waals surface area contributed by atoms with Gasteiger partial charge in [0.05, 0.1) is 16.8 Å². The minimum Gasteiger partial charge on any atom is -0.489 e. The minimum atomic E-state index is -0.191. The number of nitrogens with one attached hydrogen (secondary N) is 1. The monoisotopic (exact) mass is 520 g/mol. The molecule has 0 aliphatic carbocycles. The number of anilines is 1. The van der Waals surface area contributed by atoms with E-state index in [0.717, 1.165) is 55.7 Å². The van der Waals surface area contributed by atoms with Gasteiger partial charge in [0.15, 0.2) is 0 Å². The highest BCUT2D eigenvalue weighted by Gasteiger charge is 2.21. The van der Waals surface area contributed by atoms with Crippen LogP contribution >= 0.6 is 11.6 Å². The van der Waals surface area contributed by atoms with Crippen molar-refractivity contribution >= 4 is 34.1 Å². The number of aromatic nitrogens is 1. The lowest BCUT2D eigenvalue weighted by Gasteiger charge is -2.17. The summed E-state index contributed by atoms with van der Waals surface area (Å²) in [7, 11) is 0. The number of rotatable bonds is 6. The predicted molar refractivity (Wildman–Crippen MR) is 156 cm³/mol. The Morgan fingerprint density at radius 1 is 0.868 bits per heavy atom. The van der Waals surface area contributed by atoms with Gasteiger partial charge in [-0.1, -0.05) is 59.6 Å². The first kappa shape index (κ1) is 25.5. The standard InChI is InChI=1S/C33H29ClN2O2/c1-20-16-22(3)31-28(17-20)30(33(37)35-26-13-10-21(2)29(34)18-26)23(4)32(36-31)25-11-14-27(15-12-25)38-19-24-8-6-5-7-9-24/h5-18H,19H2,1-4H3,(H,35,37). The number of nitrogens with zero attached hydrogens (tertiary/aromatic N) is 1. The fraction of sp³-hybridized carbons (Fsp3) is 0.152. The van der Waals surface area contributed by atoms with E-state index in [1.54, 1.807) is 6.07 Å². The van der Waals surface area contributed by atoms with E-state index in [1.165, 1.54) is 0 Å². The summed E-state index contributed by atoms with van der Waals surface area (Å²) < 4.78 is 5.97. The van der Waals surface area contributed by atoms with Crippen molar-refractivity contribution in [3.05, 3.63) is 123 Å². The van der Waals surface area contributed by atoms with Gasteiger partial charge in [0, 0.05) is 21.7 Å². The van der Waals surface area contributed by atoms with E-state index in [1.807, 2.05) is 100 Å². The molecule has 1 N–H and O–H groups in total. The summed E-state index contributed by atoms with van der Waals surface area (Å²) in [6.07, 6.45) is 0. The van der Waals surface area contributed by atoms with Gasteiger partial charge in [0.25, 0.3) is 5.91 Å². The quantitative estimate of drug-likeness (QED) is 0.244. The maximum absolute atomic E-state index is 13.7. The van der Waals surface area contributed by atoms with Crippen LogP contribution in [0.15, 0.2) is 84.9 Å². The van der Waals surface area contributed by atoms with Crippen LogP contribution in [0.4, 0.5) is 5.69 Å². The summed E-state index contributed by atoms with van der Waals surface area (Å²) in [6, 6.07) is 27.6. The van der Waals surface area contributed by atoms with Crippen molar-refractivity contribution in [3.63, 3.8) is 0 Å². The van der Waals surface area contributed by atoms with Crippen molar-refractivity contribution in [2.24, 2.45) is 0 Å². The molecular weight excluding hydrogens is 492 g/mol. The number of carbonyl (C=O) groups excluding carboxylic acids is 1. The predicted octanol–water partition coefficient (Wildman–Crippen LogP) is 8.62.